The van der Waals surface area contributed by atoms with E-state index in [-0.39, 0.29) is 67.1 Å². The van der Waals surface area contributed by atoms with E-state index in [0.29, 0.717) is 48.9 Å². The van der Waals surface area contributed by atoms with E-state index in [1.54, 1.807) is 39.8 Å². The predicted molar refractivity (Wildman–Crippen MR) is 533 cm³/mol. The quantitative estimate of drug-likeness (QED) is 0.0292. The number of aromatic nitrogens is 13. The van der Waals surface area contributed by atoms with E-state index in [0.717, 1.165) is 143 Å². The summed E-state index contributed by atoms with van der Waals surface area (Å²) >= 11 is 55.8. The van der Waals surface area contributed by atoms with Crippen molar-refractivity contribution in [2.75, 3.05) is 21.8 Å². The molecule has 0 saturated heterocycles. The Bertz CT molecular complexity index is 6530. The monoisotopic (exact) mass is 2280 g/mol. The van der Waals surface area contributed by atoms with Crippen LogP contribution < -0.4 is 46.5 Å². The van der Waals surface area contributed by atoms with Crippen molar-refractivity contribution >= 4 is 257 Å². The normalized spacial score (nSPS) is 9.69. The zero-order chi connectivity index (χ0) is 98.5. The fourth-order valence-corrected chi connectivity index (χ4v) is 13.6. The van der Waals surface area contributed by atoms with Crippen LogP contribution in [-0.4, -0.2) is 106 Å². The molecule has 694 valence electrons. The zero-order valence-electron chi connectivity index (χ0n) is 72.9. The van der Waals surface area contributed by atoms with Crippen LogP contribution in [0.2, 0.25) is 20.1 Å². The number of nitrogens with two attached hydrogens (primary N) is 2. The van der Waals surface area contributed by atoms with Crippen molar-refractivity contribution in [2.45, 2.75) is 94.9 Å². The van der Waals surface area contributed by atoms with Gasteiger partial charge in [-0.1, -0.05) is 170 Å². The second-order valence-electron chi connectivity index (χ2n) is 26.3. The van der Waals surface area contributed by atoms with Crippen molar-refractivity contribution in [2.24, 2.45) is 5.84 Å². The van der Waals surface area contributed by atoms with Gasteiger partial charge in [-0.15, -0.1) is 0 Å². The number of aryl methyl sites for hydroxylation is 7. The Morgan fingerprint density at radius 3 is 1.19 bits per heavy atom. The molecule has 31 nitrogen and oxygen atoms in total. The number of pyridine rings is 3. The van der Waals surface area contributed by atoms with Crippen LogP contribution in [0.5, 0.6) is 0 Å². The SMILES string of the molecule is CC(=O)CC#N.CCC(=CNc1cc(C)nn1-c1ccc(Br)cc1)CC.CCc1cnc2c(c(C)nn2-c2ccc(Br)cc2)c1Cl.Cc1cc(N)n(-c2ccc(Br)cc2)n1.Cc1ccc(NC(=O)c2cnc3c(c(C)nn3-c3ccc(Br)cc3)c2Cl)cc1.Cc1nn(-c2ccc(Br)cc2)c2nccc(Cl)c12.NNc1ccc(Cl)cc1.O=C=O.O=C=O.O=C=O.O=C=O.O=P(Cl)(Cl)Cl.[Li+].[OH-]. The molecular weight excluding hydrogens is 2210 g/mol. The third-order valence-electron chi connectivity index (χ3n) is 17.0. The molecule has 0 radical (unpaired) electrons. The number of halogens is 12. The van der Waals surface area contributed by atoms with Crippen molar-refractivity contribution < 1.29 is 76.8 Å². The van der Waals surface area contributed by atoms with Gasteiger partial charge in [0, 0.05) is 75.7 Å². The minimum Gasteiger partial charge on any atom is -0.870 e. The van der Waals surface area contributed by atoms with E-state index in [2.05, 4.69) is 203 Å². The van der Waals surface area contributed by atoms with Crippen LogP contribution >= 0.6 is 165 Å². The second-order valence-corrected chi connectivity index (χ2v) is 39.1. The molecule has 134 heavy (non-hydrogen) atoms. The largest absolute Gasteiger partial charge is 1.00 e. The second kappa shape index (κ2) is 62.0. The number of hydrogen-bond donors (Lipinski definition) is 5. The average molecular weight is 2290 g/mol. The van der Waals surface area contributed by atoms with Crippen molar-refractivity contribution in [3.63, 3.8) is 0 Å². The number of nitrogens with zero attached hydrogens (tertiary/aromatic N) is 14. The first kappa shape index (κ1) is 119. The summed E-state index contributed by atoms with van der Waals surface area (Å²) < 4.78 is 23.7. The summed E-state index contributed by atoms with van der Waals surface area (Å²) in [6.07, 6.45) is 11.1. The van der Waals surface area contributed by atoms with Gasteiger partial charge in [0.2, 0.25) is 0 Å². The van der Waals surface area contributed by atoms with Gasteiger partial charge < -0.3 is 27.3 Å². The van der Waals surface area contributed by atoms with Crippen LogP contribution in [0.1, 0.15) is 96.9 Å². The summed E-state index contributed by atoms with van der Waals surface area (Å²) in [5.74, 6) is 6.38. The fourth-order valence-electron chi connectivity index (χ4n) is 11.1. The minimum absolute atomic E-state index is 0. The van der Waals surface area contributed by atoms with Gasteiger partial charge in [0.25, 0.3) is 5.91 Å². The van der Waals surface area contributed by atoms with Crippen LogP contribution in [0.4, 0.5) is 23.0 Å². The number of benzene rings is 7. The molecule has 8 aromatic heterocycles. The van der Waals surface area contributed by atoms with Gasteiger partial charge in [0.05, 0.1) is 106 Å². The summed E-state index contributed by atoms with van der Waals surface area (Å²) in [7, 11) is 0. The van der Waals surface area contributed by atoms with Crippen molar-refractivity contribution in [1.29, 1.82) is 5.26 Å². The van der Waals surface area contributed by atoms with Gasteiger partial charge in [-0.05, 0) is 271 Å². The number of nitrogen functional groups attached to an aromatic ring is 2. The third-order valence-corrected chi connectivity index (χ3v) is 21.1. The molecule has 0 saturated carbocycles. The molecule has 8 N–H and O–H groups in total. The Kier molecular flexibility index (Phi) is 55.3. The summed E-state index contributed by atoms with van der Waals surface area (Å²) in [5, 5.41) is 38.3. The number of nitrogens with one attached hydrogen (secondary N) is 3. The number of nitriles is 1. The van der Waals surface area contributed by atoms with Crippen molar-refractivity contribution in [3.8, 4) is 34.5 Å². The number of rotatable bonds is 14. The molecule has 45 heteroatoms. The Hall–Kier alpha value is -10.7. The van der Waals surface area contributed by atoms with E-state index in [1.165, 1.54) is 18.7 Å². The number of ketones is 1. The van der Waals surface area contributed by atoms with Crippen LogP contribution in [0.25, 0.3) is 61.5 Å². The zero-order valence-corrected chi connectivity index (χ0v) is 87.0. The molecule has 15 rings (SSSR count). The van der Waals surface area contributed by atoms with Gasteiger partial charge in [0.1, 0.15) is 17.4 Å². The Labute approximate surface area is 858 Å². The molecule has 0 fully saturated rings. The molecule has 0 aliphatic heterocycles. The van der Waals surface area contributed by atoms with E-state index in [4.69, 9.17) is 102 Å². The number of amides is 1. The first-order valence-corrected chi connectivity index (χ1v) is 48.0. The number of Topliss-reactive ketones (excluding diaryl/α,β-unsaturated/α-hetero) is 1. The average Bonchev–Trinajstić information content (AvgIpc) is 1.63. The molecule has 0 spiro atoms. The molecule has 8 heterocycles. The predicted octanol–water partition coefficient (Wildman–Crippen LogP) is 21.6. The Morgan fingerprint density at radius 1 is 0.485 bits per heavy atom. The van der Waals surface area contributed by atoms with Crippen LogP contribution in [-0.2, 0) is 54.1 Å². The van der Waals surface area contributed by atoms with Gasteiger partial charge in [-0.25, -0.2) is 38.4 Å². The molecule has 0 unspecified atom stereocenters. The summed E-state index contributed by atoms with van der Waals surface area (Å²) in [4.78, 5) is 101. The maximum Gasteiger partial charge on any atom is 1.00 e. The first-order chi connectivity index (χ1) is 62.8. The maximum atomic E-state index is 12.7. The number of carbonyl (C=O) groups excluding carboxylic acids is 10. The first-order valence-electron chi connectivity index (χ1n) is 38.1. The van der Waals surface area contributed by atoms with E-state index in [1.807, 2.05) is 226 Å². The molecule has 1 amide bonds. The number of hydrogen-bond acceptors (Lipinski definition) is 25. The van der Waals surface area contributed by atoms with Crippen LogP contribution in [0, 0.1) is 52.9 Å². The van der Waals surface area contributed by atoms with Gasteiger partial charge in [0.15, 0.2) is 16.9 Å². The topological polar surface area (TPSA) is 457 Å². The van der Waals surface area contributed by atoms with E-state index < -0.39 is 5.20 Å². The van der Waals surface area contributed by atoms with Crippen LogP contribution in [0.15, 0.2) is 241 Å². The van der Waals surface area contributed by atoms with Crippen molar-refractivity contribution in [3.05, 3.63) is 306 Å². The molecular formula is C89H81Br5Cl7LiN19O12P. The molecule has 15 aromatic rings. The minimum atomic E-state index is -3.22. The van der Waals surface area contributed by atoms with E-state index >= 15 is 0 Å². The summed E-state index contributed by atoms with van der Waals surface area (Å²) in [6, 6.07) is 61.8. The standard InChI is InChI=1S/C21H16BrClN4O.C16H20BrN3.C15H13BrClN3.C13H9BrClN3.C10H10BrN3.C6H7ClN2.C4H5NO.4CO2.Cl3OP.Li.H2O/c1-12-3-7-15(8-4-12)25-21(28)17-11-24-20-18(19(17)23)13(2)26-27(20)16-9-5-14(22)6-10-16;1-4-13(5-2)11-18-16-10-12(3)19-20(16)15-8-6-14(17)7-9-15;1-3-10-8-18-15-13(14(10)17)9(2)19-20(15)12-6-4-11(16)5-7-12;1-8-12-11(15)6-7-16-13(12)18(17-8)10-4-2-9(14)3-5-10;1-7-6-10(12)14(13-7)9-4-2-8(11)3-5-9;7-5-1-3-6(9-8)4-2-5;1-4(6)2-3-5;4*2-1-3;1-5(2,3)4;;/h3-11H,1-2H3,(H,25,28);6-11,18H,4-5H2,1-3H3;4-8H,3H2,1-2H3;2-7H,1H3;2-6H,12H2,1H3;1-4,9H,8H2;2H2,1H3;;;;;;;1H2/q;;;;;;;;;;;;+1;/p-1. The molecule has 0 atom stereocenters. The molecule has 7 aromatic carbocycles. The summed E-state index contributed by atoms with van der Waals surface area (Å²) in [6.45, 7) is 19.5. The Morgan fingerprint density at radius 2 is 0.836 bits per heavy atom. The Balaban J connectivity index is 0.000000527. The van der Waals surface area contributed by atoms with Gasteiger partial charge in [-0.3, -0.25) is 20.0 Å². The number of allylic oxidation sites excluding steroid dienone is 1. The van der Waals surface area contributed by atoms with Gasteiger partial charge in [-0.2, -0.15) is 69.1 Å². The van der Waals surface area contributed by atoms with Gasteiger partial charge >= 0.3 is 48.7 Å². The smallest absolute Gasteiger partial charge is 0.870 e. The number of fused-ring (bicyclic) bond motifs is 3. The van der Waals surface area contributed by atoms with Crippen LogP contribution in [0.3, 0.4) is 0 Å². The third kappa shape index (κ3) is 39.3. The van der Waals surface area contributed by atoms with Crippen molar-refractivity contribution in [1.82, 2.24) is 63.9 Å². The molecule has 0 aliphatic carbocycles. The number of anilines is 4. The number of carbonyl (C=O) groups is 2. The number of hydrazine groups is 1. The summed E-state index contributed by atoms with van der Waals surface area (Å²) in [5.41, 5.74) is 25.2. The maximum absolute atomic E-state index is 12.7. The molecule has 0 aliphatic rings. The fraction of sp³-hybridized carbons (Fsp3) is 0.157. The van der Waals surface area contributed by atoms with E-state index in [9.17, 15) is 14.2 Å². The molecule has 0 bridgehead atoms.